The number of nitrogens with one attached hydrogen (secondary N) is 1. The minimum Gasteiger partial charge on any atom is -0.344 e. The van der Waals surface area contributed by atoms with E-state index < -0.39 is 16.9 Å². The number of hydrazine groups is 1. The van der Waals surface area contributed by atoms with E-state index in [0.29, 0.717) is 32.4 Å². The maximum absolute atomic E-state index is 14.3. The third-order valence-electron chi connectivity index (χ3n) is 8.26. The van der Waals surface area contributed by atoms with E-state index in [1.54, 1.807) is 17.1 Å². The van der Waals surface area contributed by atoms with Crippen molar-refractivity contribution in [1.29, 1.82) is 0 Å². The molecular formula is C33H44N4O3. The summed E-state index contributed by atoms with van der Waals surface area (Å²) in [6, 6.07) is 17.6. The van der Waals surface area contributed by atoms with E-state index >= 15 is 0 Å². The summed E-state index contributed by atoms with van der Waals surface area (Å²) in [6.45, 7) is 6.45. The molecule has 0 radical (unpaired) electrons. The number of allylic oxidation sites excluding steroid dienone is 1. The summed E-state index contributed by atoms with van der Waals surface area (Å²) in [6.07, 6.45) is 5.38. The van der Waals surface area contributed by atoms with Crippen molar-refractivity contribution in [3.63, 3.8) is 0 Å². The Labute approximate surface area is 239 Å². The van der Waals surface area contributed by atoms with Gasteiger partial charge >= 0.3 is 0 Å². The lowest BCUT2D eigenvalue weighted by Crippen LogP contribution is -2.59. The van der Waals surface area contributed by atoms with Crippen LogP contribution in [0.15, 0.2) is 60.7 Å². The number of hydrogen-bond donors (Lipinski definition) is 1. The van der Waals surface area contributed by atoms with Crippen LogP contribution in [0, 0.1) is 10.8 Å². The van der Waals surface area contributed by atoms with Crippen LogP contribution in [-0.4, -0.2) is 72.9 Å². The average Bonchev–Trinajstić information content (AvgIpc) is 3.34. The molecule has 2 aromatic rings. The van der Waals surface area contributed by atoms with E-state index in [1.165, 1.54) is 5.56 Å². The molecule has 0 spiro atoms. The summed E-state index contributed by atoms with van der Waals surface area (Å²) in [5, 5.41) is 6.52. The highest BCUT2D eigenvalue weighted by molar-refractivity contribution is 5.92. The molecule has 0 unspecified atom stereocenters. The van der Waals surface area contributed by atoms with Gasteiger partial charge in [0.25, 0.3) is 0 Å². The molecule has 7 heteroatoms. The second-order valence-electron chi connectivity index (χ2n) is 12.6. The zero-order valence-electron chi connectivity index (χ0n) is 24.9. The fourth-order valence-electron chi connectivity index (χ4n) is 5.79. The molecule has 2 aromatic carbocycles. The summed E-state index contributed by atoms with van der Waals surface area (Å²) in [4.78, 5) is 43.2. The van der Waals surface area contributed by atoms with E-state index in [2.05, 4.69) is 23.5 Å². The summed E-state index contributed by atoms with van der Waals surface area (Å²) < 4.78 is 0. The molecule has 1 heterocycles. The quantitative estimate of drug-likeness (QED) is 0.502. The van der Waals surface area contributed by atoms with Crippen LogP contribution in [0.5, 0.6) is 0 Å². The first kappa shape index (κ1) is 29.5. The topological polar surface area (TPSA) is 73.0 Å². The Morgan fingerprint density at radius 1 is 1.00 bits per heavy atom. The number of nitrogens with zero attached hydrogens (tertiary/aromatic N) is 3. The minimum absolute atomic E-state index is 0.00144. The van der Waals surface area contributed by atoms with Gasteiger partial charge in [-0.05, 0) is 47.9 Å². The van der Waals surface area contributed by atoms with E-state index in [1.807, 2.05) is 82.2 Å². The van der Waals surface area contributed by atoms with Crippen LogP contribution in [0.3, 0.4) is 0 Å². The second kappa shape index (κ2) is 12.0. The first-order valence-corrected chi connectivity index (χ1v) is 14.3. The van der Waals surface area contributed by atoms with E-state index in [9.17, 15) is 14.4 Å². The Hall–Kier alpha value is -3.45. The molecule has 0 saturated carbocycles. The lowest BCUT2D eigenvalue weighted by molar-refractivity contribution is -0.159. The molecule has 1 aliphatic carbocycles. The van der Waals surface area contributed by atoms with Crippen LogP contribution in [0.25, 0.3) is 5.57 Å². The molecule has 1 aliphatic heterocycles. The summed E-state index contributed by atoms with van der Waals surface area (Å²) in [7, 11) is 5.49. The van der Waals surface area contributed by atoms with Gasteiger partial charge in [-0.2, -0.15) is 0 Å². The molecule has 1 fully saturated rings. The van der Waals surface area contributed by atoms with Gasteiger partial charge in [0.15, 0.2) is 0 Å². The number of hydrogen-bond acceptors (Lipinski definition) is 4. The molecule has 214 valence electrons. The molecule has 3 amide bonds. The highest BCUT2D eigenvalue weighted by Crippen LogP contribution is 2.37. The van der Waals surface area contributed by atoms with Crippen molar-refractivity contribution >= 4 is 23.3 Å². The van der Waals surface area contributed by atoms with Crippen molar-refractivity contribution in [3.05, 3.63) is 77.4 Å². The third kappa shape index (κ3) is 6.47. The van der Waals surface area contributed by atoms with E-state index in [-0.39, 0.29) is 17.7 Å². The second-order valence-corrected chi connectivity index (χ2v) is 12.6. The Balaban J connectivity index is 1.64. The maximum Gasteiger partial charge on any atom is 0.245 e. The van der Waals surface area contributed by atoms with Crippen LogP contribution in [0.4, 0.5) is 0 Å². The third-order valence-corrected chi connectivity index (χ3v) is 8.26. The number of piperidine rings is 1. The van der Waals surface area contributed by atoms with Gasteiger partial charge < -0.3 is 10.2 Å². The maximum atomic E-state index is 14.3. The zero-order valence-corrected chi connectivity index (χ0v) is 24.9. The van der Waals surface area contributed by atoms with Gasteiger partial charge in [-0.15, -0.1) is 0 Å². The lowest BCUT2D eigenvalue weighted by Gasteiger charge is -2.45. The van der Waals surface area contributed by atoms with Crippen LogP contribution >= 0.6 is 0 Å². The first-order chi connectivity index (χ1) is 18.9. The van der Waals surface area contributed by atoms with Gasteiger partial charge in [-0.25, -0.2) is 5.01 Å². The molecule has 0 bridgehead atoms. The highest BCUT2D eigenvalue weighted by Gasteiger charge is 2.46. The Morgan fingerprint density at radius 3 is 2.35 bits per heavy atom. The molecule has 40 heavy (non-hydrogen) atoms. The number of rotatable bonds is 8. The van der Waals surface area contributed by atoms with Gasteiger partial charge in [-0.3, -0.25) is 19.4 Å². The van der Waals surface area contributed by atoms with Crippen molar-refractivity contribution in [2.75, 3.05) is 34.2 Å². The molecular weight excluding hydrogens is 500 g/mol. The number of fused-ring (bicyclic) bond motifs is 1. The number of carbonyl (C=O) groups is 3. The smallest absolute Gasteiger partial charge is 0.245 e. The van der Waals surface area contributed by atoms with Crippen molar-refractivity contribution in [2.24, 2.45) is 10.8 Å². The van der Waals surface area contributed by atoms with Crippen LogP contribution in [0.2, 0.25) is 0 Å². The minimum atomic E-state index is -0.758. The molecule has 4 rings (SSSR count). The van der Waals surface area contributed by atoms with E-state index in [4.69, 9.17) is 0 Å². The van der Waals surface area contributed by atoms with Crippen molar-refractivity contribution in [1.82, 2.24) is 20.2 Å². The SMILES string of the molecule is CN(C)N(C)C(=O)[C@@]1(Cc2ccccc2)CCCN(C(=O)[C@@H](CC2=CCc3ccccc32)NC(=O)C(C)(C)C)C1. The predicted octanol–water partition coefficient (Wildman–Crippen LogP) is 4.33. The summed E-state index contributed by atoms with van der Waals surface area (Å²) >= 11 is 0. The van der Waals surface area contributed by atoms with Crippen molar-refractivity contribution in [3.8, 4) is 0 Å². The average molecular weight is 545 g/mol. The Kier molecular flexibility index (Phi) is 8.83. The Morgan fingerprint density at radius 2 is 1.68 bits per heavy atom. The fraction of sp³-hybridized carbons (Fsp3) is 0.485. The van der Waals surface area contributed by atoms with Crippen molar-refractivity contribution in [2.45, 2.75) is 58.9 Å². The van der Waals surface area contributed by atoms with Gasteiger partial charge in [0, 0.05) is 46.1 Å². The van der Waals surface area contributed by atoms with Gasteiger partial charge in [0.05, 0.1) is 5.41 Å². The lowest BCUT2D eigenvalue weighted by atomic mass is 9.74. The van der Waals surface area contributed by atoms with Crippen LogP contribution < -0.4 is 5.32 Å². The predicted molar refractivity (Wildman–Crippen MR) is 159 cm³/mol. The largest absolute Gasteiger partial charge is 0.344 e. The molecule has 0 aromatic heterocycles. The van der Waals surface area contributed by atoms with Crippen molar-refractivity contribution < 1.29 is 14.4 Å². The monoisotopic (exact) mass is 544 g/mol. The fourth-order valence-corrected chi connectivity index (χ4v) is 5.79. The molecule has 1 N–H and O–H groups in total. The zero-order chi connectivity index (χ0) is 29.1. The molecule has 2 aliphatic rings. The Bertz CT molecular complexity index is 1260. The summed E-state index contributed by atoms with van der Waals surface area (Å²) in [5.74, 6) is -0.282. The number of benzene rings is 2. The number of carbonyl (C=O) groups excluding carboxylic acids is 3. The molecule has 1 saturated heterocycles. The van der Waals surface area contributed by atoms with Gasteiger partial charge in [0.1, 0.15) is 6.04 Å². The molecule has 7 nitrogen and oxygen atoms in total. The first-order valence-electron chi connectivity index (χ1n) is 14.3. The van der Waals surface area contributed by atoms with Gasteiger partial charge in [-0.1, -0.05) is 81.4 Å². The number of likely N-dealkylation sites (tertiary alicyclic amines) is 1. The number of amides is 3. The van der Waals surface area contributed by atoms with Crippen LogP contribution in [0.1, 0.15) is 56.7 Å². The molecule has 2 atom stereocenters. The van der Waals surface area contributed by atoms with Gasteiger partial charge in [0.2, 0.25) is 17.7 Å². The highest BCUT2D eigenvalue weighted by atomic mass is 16.2. The van der Waals surface area contributed by atoms with E-state index in [0.717, 1.165) is 29.5 Å². The summed E-state index contributed by atoms with van der Waals surface area (Å²) in [5.41, 5.74) is 3.14. The normalized spacial score (nSPS) is 19.6. The van der Waals surface area contributed by atoms with Crippen LogP contribution in [-0.2, 0) is 27.2 Å². The standard InChI is InChI=1S/C33H44N4O3/c1-32(2,3)30(39)34-28(21-26-18-17-25-15-10-11-16-27(25)26)29(38)37-20-12-19-33(23-37,31(40)36(6)35(4)5)22-24-13-8-7-9-14-24/h7-11,13-16,18,28H,12,17,19-23H2,1-6H3,(H,34,39)/t28-,33-/m1/s1.